The number of esters is 1. The van der Waals surface area contributed by atoms with Crippen LogP contribution >= 0.6 is 0 Å². The van der Waals surface area contributed by atoms with Crippen LogP contribution in [0.3, 0.4) is 0 Å². The van der Waals surface area contributed by atoms with E-state index in [2.05, 4.69) is 11.8 Å². The molecule has 20 heavy (non-hydrogen) atoms. The van der Waals surface area contributed by atoms with Crippen molar-refractivity contribution < 1.29 is 19.1 Å². The quantitative estimate of drug-likeness (QED) is 0.837. The van der Waals surface area contributed by atoms with Crippen molar-refractivity contribution in [1.82, 2.24) is 4.90 Å². The molecule has 0 spiro atoms. The zero-order valence-electron chi connectivity index (χ0n) is 12.2. The minimum atomic E-state index is -0.418. The third-order valence-corrected chi connectivity index (χ3v) is 3.86. The fourth-order valence-electron chi connectivity index (χ4n) is 2.61. The molecule has 1 fully saturated rings. The average molecular weight is 281 g/mol. The maximum Gasteiger partial charge on any atom is 0.374 e. The fourth-order valence-corrected chi connectivity index (χ4v) is 2.61. The number of rotatable bonds is 5. The molecule has 5 heteroatoms. The van der Waals surface area contributed by atoms with Crippen molar-refractivity contribution in [2.24, 2.45) is 5.92 Å². The second kappa shape index (κ2) is 6.90. The van der Waals surface area contributed by atoms with Crippen molar-refractivity contribution in [2.75, 3.05) is 19.8 Å². The molecular weight excluding hydrogens is 258 g/mol. The van der Waals surface area contributed by atoms with E-state index >= 15 is 0 Å². The molecule has 1 N–H and O–H groups in total. The topological polar surface area (TPSA) is 62.9 Å². The first kappa shape index (κ1) is 15.1. The second-order valence-electron chi connectivity index (χ2n) is 5.39. The van der Waals surface area contributed by atoms with Gasteiger partial charge in [-0.05, 0) is 44.7 Å². The van der Waals surface area contributed by atoms with Crippen LogP contribution in [0.2, 0.25) is 0 Å². The number of hydrogen-bond donors (Lipinski definition) is 1. The van der Waals surface area contributed by atoms with Gasteiger partial charge in [0.15, 0.2) is 0 Å². The van der Waals surface area contributed by atoms with E-state index < -0.39 is 5.97 Å². The van der Waals surface area contributed by atoms with Gasteiger partial charge in [-0.2, -0.15) is 0 Å². The lowest BCUT2D eigenvalue weighted by Gasteiger charge is -2.36. The number of furan rings is 1. The normalized spacial score (nSPS) is 23.8. The number of aliphatic hydroxyl groups excluding tert-OH is 1. The highest BCUT2D eigenvalue weighted by atomic mass is 16.5. The molecule has 2 atom stereocenters. The van der Waals surface area contributed by atoms with Gasteiger partial charge < -0.3 is 14.3 Å². The predicted molar refractivity (Wildman–Crippen MR) is 74.3 cm³/mol. The van der Waals surface area contributed by atoms with E-state index in [0.717, 1.165) is 25.1 Å². The first-order valence-electron chi connectivity index (χ1n) is 7.24. The third kappa shape index (κ3) is 3.61. The Morgan fingerprint density at radius 3 is 3.00 bits per heavy atom. The summed E-state index contributed by atoms with van der Waals surface area (Å²) in [5.74, 6) is 0.938. The Morgan fingerprint density at radius 1 is 1.50 bits per heavy atom. The van der Waals surface area contributed by atoms with Gasteiger partial charge in [0.05, 0.1) is 13.2 Å². The second-order valence-corrected chi connectivity index (χ2v) is 5.39. The molecule has 0 amide bonds. The van der Waals surface area contributed by atoms with Gasteiger partial charge in [0, 0.05) is 19.2 Å². The van der Waals surface area contributed by atoms with Crippen LogP contribution in [-0.2, 0) is 11.3 Å². The van der Waals surface area contributed by atoms with Crippen molar-refractivity contribution in [3.05, 3.63) is 23.7 Å². The first-order chi connectivity index (χ1) is 9.63. The molecule has 0 aromatic carbocycles. The molecule has 1 aromatic heterocycles. The summed E-state index contributed by atoms with van der Waals surface area (Å²) in [6, 6.07) is 3.95. The van der Waals surface area contributed by atoms with Gasteiger partial charge in [0.1, 0.15) is 5.76 Å². The van der Waals surface area contributed by atoms with Crippen LogP contribution in [0.15, 0.2) is 16.5 Å². The van der Waals surface area contributed by atoms with Crippen LogP contribution in [0.4, 0.5) is 0 Å². The molecule has 2 rings (SSSR count). The Morgan fingerprint density at radius 2 is 2.30 bits per heavy atom. The van der Waals surface area contributed by atoms with Crippen LogP contribution in [0.1, 0.15) is 43.0 Å². The molecule has 2 heterocycles. The number of nitrogens with zero attached hydrogens (tertiary/aromatic N) is 1. The van der Waals surface area contributed by atoms with E-state index in [4.69, 9.17) is 9.15 Å². The van der Waals surface area contributed by atoms with Crippen LogP contribution in [-0.4, -0.2) is 41.8 Å². The summed E-state index contributed by atoms with van der Waals surface area (Å²) in [5.41, 5.74) is 0. The maximum atomic E-state index is 11.6. The van der Waals surface area contributed by atoms with Crippen molar-refractivity contribution in [3.8, 4) is 0 Å². The Labute approximate surface area is 119 Å². The van der Waals surface area contributed by atoms with Crippen LogP contribution in [0.25, 0.3) is 0 Å². The van der Waals surface area contributed by atoms with Crippen molar-refractivity contribution in [2.45, 2.75) is 39.3 Å². The van der Waals surface area contributed by atoms with E-state index in [1.54, 1.807) is 13.0 Å². The average Bonchev–Trinajstić information content (AvgIpc) is 2.90. The van der Waals surface area contributed by atoms with Crippen LogP contribution in [0, 0.1) is 5.92 Å². The summed E-state index contributed by atoms with van der Waals surface area (Å²) < 4.78 is 10.4. The highest BCUT2D eigenvalue weighted by Gasteiger charge is 2.26. The number of piperidine rings is 1. The fraction of sp³-hybridized carbons (Fsp3) is 0.667. The first-order valence-corrected chi connectivity index (χ1v) is 7.24. The lowest BCUT2D eigenvalue weighted by Crippen LogP contribution is -2.42. The van der Waals surface area contributed by atoms with Crippen molar-refractivity contribution in [1.29, 1.82) is 0 Å². The summed E-state index contributed by atoms with van der Waals surface area (Å²) in [7, 11) is 0. The summed E-state index contributed by atoms with van der Waals surface area (Å²) in [6.45, 7) is 6.06. The number of likely N-dealkylation sites (tertiary alicyclic amines) is 1. The van der Waals surface area contributed by atoms with Crippen LogP contribution in [0.5, 0.6) is 0 Å². The largest absolute Gasteiger partial charge is 0.460 e. The van der Waals surface area contributed by atoms with E-state index in [1.165, 1.54) is 0 Å². The van der Waals surface area contributed by atoms with E-state index in [0.29, 0.717) is 25.1 Å². The van der Waals surface area contributed by atoms with E-state index in [-0.39, 0.29) is 12.4 Å². The van der Waals surface area contributed by atoms with Gasteiger partial charge in [-0.1, -0.05) is 0 Å². The van der Waals surface area contributed by atoms with Crippen LogP contribution < -0.4 is 0 Å². The van der Waals surface area contributed by atoms with E-state index in [1.807, 2.05) is 6.07 Å². The Balaban J connectivity index is 1.97. The molecule has 112 valence electrons. The molecule has 1 saturated heterocycles. The molecule has 2 unspecified atom stereocenters. The third-order valence-electron chi connectivity index (χ3n) is 3.86. The molecule has 5 nitrogen and oxygen atoms in total. The predicted octanol–water partition coefficient (Wildman–Crippen LogP) is 2.05. The summed E-state index contributed by atoms with van der Waals surface area (Å²) in [5, 5.41) is 9.29. The minimum absolute atomic E-state index is 0.232. The van der Waals surface area contributed by atoms with Gasteiger partial charge in [0.25, 0.3) is 0 Å². The van der Waals surface area contributed by atoms with Gasteiger partial charge in [-0.25, -0.2) is 4.79 Å². The SMILES string of the molecule is CCOC(=O)c1ccc(CN2CC(CO)CCC2C)o1. The van der Waals surface area contributed by atoms with Gasteiger partial charge in [0.2, 0.25) is 5.76 Å². The molecule has 0 saturated carbocycles. The standard InChI is InChI=1S/C15H23NO4/c1-3-19-15(18)14-7-6-13(20-14)9-16-8-12(10-17)5-4-11(16)2/h6-7,11-12,17H,3-5,8-10H2,1-2H3. The number of ether oxygens (including phenoxy) is 1. The monoisotopic (exact) mass is 281 g/mol. The molecule has 0 bridgehead atoms. The molecular formula is C15H23NO4. The van der Waals surface area contributed by atoms with Gasteiger partial charge >= 0.3 is 5.97 Å². The molecule has 0 aliphatic carbocycles. The van der Waals surface area contributed by atoms with Gasteiger partial charge in [-0.15, -0.1) is 0 Å². The lowest BCUT2D eigenvalue weighted by molar-refractivity contribution is 0.0478. The van der Waals surface area contributed by atoms with Crippen molar-refractivity contribution >= 4 is 5.97 Å². The van der Waals surface area contributed by atoms with E-state index in [9.17, 15) is 9.90 Å². The molecule has 1 aliphatic heterocycles. The lowest BCUT2D eigenvalue weighted by atomic mass is 9.94. The Hall–Kier alpha value is -1.33. The summed E-state index contributed by atoms with van der Waals surface area (Å²) in [4.78, 5) is 13.8. The zero-order valence-corrected chi connectivity index (χ0v) is 12.2. The zero-order chi connectivity index (χ0) is 14.5. The minimum Gasteiger partial charge on any atom is -0.460 e. The molecule has 1 aliphatic rings. The van der Waals surface area contributed by atoms with Gasteiger partial charge in [-0.3, -0.25) is 4.90 Å². The number of aliphatic hydroxyl groups is 1. The summed E-state index contributed by atoms with van der Waals surface area (Å²) >= 11 is 0. The number of hydrogen-bond acceptors (Lipinski definition) is 5. The highest BCUT2D eigenvalue weighted by molar-refractivity contribution is 5.86. The Bertz CT molecular complexity index is 443. The number of carbonyl (C=O) groups is 1. The highest BCUT2D eigenvalue weighted by Crippen LogP contribution is 2.24. The Kier molecular flexibility index (Phi) is 5.20. The number of carbonyl (C=O) groups excluding carboxylic acids is 1. The van der Waals surface area contributed by atoms with Crippen molar-refractivity contribution in [3.63, 3.8) is 0 Å². The smallest absolute Gasteiger partial charge is 0.374 e. The molecule has 0 radical (unpaired) electrons. The molecule has 1 aromatic rings. The summed E-state index contributed by atoms with van der Waals surface area (Å²) in [6.07, 6.45) is 2.15. The maximum absolute atomic E-state index is 11.6.